The van der Waals surface area contributed by atoms with Crippen LogP contribution in [0.1, 0.15) is 149 Å². The van der Waals surface area contributed by atoms with Crippen molar-refractivity contribution in [2.75, 3.05) is 12.5 Å². The largest absolute Gasteiger partial charge is 0.457 e. The Labute approximate surface area is 599 Å². The maximum Gasteiger partial charge on any atom is 0.206 e. The third kappa shape index (κ3) is 21.6. The molecule has 0 saturated carbocycles. The maximum atomic E-state index is 12.6. The minimum atomic E-state index is -3.42. The molecule has 0 spiro atoms. The van der Waals surface area contributed by atoms with Gasteiger partial charge in [-0.2, -0.15) is 10.0 Å². The summed E-state index contributed by atoms with van der Waals surface area (Å²) in [5.41, 5.74) is 34.7. The van der Waals surface area contributed by atoms with Crippen molar-refractivity contribution in [3.8, 4) is 22.6 Å². The minimum Gasteiger partial charge on any atom is -0.457 e. The lowest BCUT2D eigenvalue weighted by Gasteiger charge is -2.33. The van der Waals surface area contributed by atoms with Crippen LogP contribution in [-0.4, -0.2) is 26.7 Å². The number of hydrogen-bond acceptors (Lipinski definition) is 4. The highest BCUT2D eigenvalue weighted by molar-refractivity contribution is 8.32. The molecule has 0 heterocycles. The van der Waals surface area contributed by atoms with E-state index in [0.29, 0.717) is 9.79 Å². The predicted molar refractivity (Wildman–Crippen MR) is 428 cm³/mol. The van der Waals surface area contributed by atoms with Gasteiger partial charge in [0.05, 0.1) is 9.79 Å². The van der Waals surface area contributed by atoms with Crippen LogP contribution in [0.3, 0.4) is 0 Å². The maximum absolute atomic E-state index is 12.6. The molecule has 0 unspecified atom stereocenters. The first-order valence-electron chi connectivity index (χ1n) is 34.4. The normalized spacial score (nSPS) is 11.0. The first-order chi connectivity index (χ1) is 46.4. The second-order valence-electron chi connectivity index (χ2n) is 28.0. The molecule has 0 atom stereocenters. The number of carbonyl (C=O) groups is 1. The standard InChI is InChI=1S/C18H24S.C17H18O.C16H18O2S.C16H18O.C16H18.C10H14/c1-13-7-9-17(11-15(13)3)19(5,6)18-10-8-14(2)16(4)12-18;1-11-5-7-15(9-13(11)3)17(18)16-8-6-12(2)14(4)10-16;1-11-5-7-15(9-13(11)3)19(17,18)16-8-6-12(2)14(4)10-16;1-11-5-7-15(9-13(11)3)17-16-8-6-12(2)14(4)10-16;1-11-5-7-15(9-13(11)3)16-8-6-12(2)14(4)10-16;1-7-5-9(3)10(4)6-8(7)2/h7-12H,1-6H3;5-10H,1-4H3;5-10H,1-4H3;5-10H,1-4H3;5-10H,1-4H3;5-6H,1-4H3. The minimum absolute atomic E-state index is 0.0983. The molecule has 0 amide bonds. The van der Waals surface area contributed by atoms with Crippen LogP contribution in [0.5, 0.6) is 11.5 Å². The molecule has 11 aromatic carbocycles. The summed E-state index contributed by atoms with van der Waals surface area (Å²) in [5, 5.41) is 0. The fourth-order valence-corrected chi connectivity index (χ4v) is 14.1. The molecule has 0 radical (unpaired) electrons. The average Bonchev–Trinajstić information content (AvgIpc) is 0.798. The van der Waals surface area contributed by atoms with Gasteiger partial charge in [-0.1, -0.05) is 109 Å². The summed E-state index contributed by atoms with van der Waals surface area (Å²) < 4.78 is 31.0. The van der Waals surface area contributed by atoms with E-state index in [2.05, 4.69) is 246 Å². The van der Waals surface area contributed by atoms with Gasteiger partial charge in [-0.15, -0.1) is 0 Å². The zero-order valence-electron chi connectivity index (χ0n) is 64.4. The molecule has 0 aliphatic carbocycles. The molecule has 0 aromatic heterocycles. The molecule has 0 aliphatic heterocycles. The Morgan fingerprint density at radius 1 is 0.222 bits per heavy atom. The SMILES string of the molecule is Cc1cc(C)c(C)cc1C.Cc1ccc(-c2ccc(C)c(C)c2)cc1C.Cc1ccc(C(=O)c2ccc(C)c(C)c2)cc1C.Cc1ccc(Oc2ccc(C)c(C)c2)cc1C.Cc1ccc(S(=O)(=O)c2ccc(C)c(C)c2)cc1C.Cc1ccc(S(C)(C)c2ccc(C)c(C)c2)cc1C. The Hall–Kier alpha value is -8.81. The summed E-state index contributed by atoms with van der Waals surface area (Å²) in [6.45, 7) is 50.4. The number of sulfone groups is 1. The van der Waals surface area contributed by atoms with Gasteiger partial charge in [0.1, 0.15) is 11.5 Å². The molecule has 11 rings (SSSR count). The molecule has 0 saturated heterocycles. The van der Waals surface area contributed by atoms with E-state index in [-0.39, 0.29) is 5.78 Å². The van der Waals surface area contributed by atoms with Gasteiger partial charge in [-0.25, -0.2) is 8.42 Å². The van der Waals surface area contributed by atoms with Gasteiger partial charge in [0, 0.05) is 11.1 Å². The number of carbonyl (C=O) groups excluding carboxylic acids is 1. The zero-order valence-corrected chi connectivity index (χ0v) is 66.1. The molecular formula is C93H110O4S2. The summed E-state index contributed by atoms with van der Waals surface area (Å²) in [6, 6.07) is 66.2. The first-order valence-corrected chi connectivity index (χ1v) is 38.3. The van der Waals surface area contributed by atoms with E-state index in [1.54, 1.807) is 24.3 Å². The Morgan fingerprint density at radius 3 is 0.697 bits per heavy atom. The van der Waals surface area contributed by atoms with Crippen molar-refractivity contribution in [2.24, 2.45) is 0 Å². The Kier molecular flexibility index (Phi) is 27.8. The van der Waals surface area contributed by atoms with Crippen molar-refractivity contribution in [2.45, 2.75) is 186 Å². The number of ether oxygens (including phenoxy) is 1. The van der Waals surface area contributed by atoms with E-state index in [9.17, 15) is 13.2 Å². The van der Waals surface area contributed by atoms with Crippen molar-refractivity contribution < 1.29 is 17.9 Å². The van der Waals surface area contributed by atoms with Gasteiger partial charge in [-0.3, -0.25) is 4.79 Å². The lowest BCUT2D eigenvalue weighted by Crippen LogP contribution is -2.03. The van der Waals surface area contributed by atoms with Crippen LogP contribution >= 0.6 is 10.0 Å². The highest BCUT2D eigenvalue weighted by Gasteiger charge is 2.20. The number of aryl methyl sites for hydroxylation is 24. The molecule has 99 heavy (non-hydrogen) atoms. The molecule has 0 aliphatic rings. The Morgan fingerprint density at radius 2 is 0.434 bits per heavy atom. The topological polar surface area (TPSA) is 60.4 Å². The second kappa shape index (κ2) is 34.8. The highest BCUT2D eigenvalue weighted by atomic mass is 32.3. The number of ketones is 1. The fraction of sp³-hybridized carbons (Fsp3) is 0.280. The van der Waals surface area contributed by atoms with Crippen molar-refractivity contribution in [3.05, 3.63) is 339 Å². The molecule has 518 valence electrons. The van der Waals surface area contributed by atoms with Gasteiger partial charge in [0.2, 0.25) is 9.84 Å². The van der Waals surface area contributed by atoms with E-state index in [1.165, 1.54) is 121 Å². The molecule has 0 bridgehead atoms. The van der Waals surface area contributed by atoms with E-state index < -0.39 is 19.9 Å². The molecular weight excluding hydrogens is 1250 g/mol. The van der Waals surface area contributed by atoms with E-state index >= 15 is 0 Å². The van der Waals surface area contributed by atoms with Gasteiger partial charge < -0.3 is 4.74 Å². The Bertz CT molecular complexity index is 4490. The molecule has 11 aromatic rings. The number of benzene rings is 11. The van der Waals surface area contributed by atoms with Crippen LogP contribution in [0.2, 0.25) is 0 Å². The lowest BCUT2D eigenvalue weighted by atomic mass is 9.97. The molecule has 0 fully saturated rings. The third-order valence-electron chi connectivity index (χ3n) is 19.9. The second-order valence-corrected chi connectivity index (χ2v) is 33.5. The van der Waals surface area contributed by atoms with Gasteiger partial charge in [0.25, 0.3) is 0 Å². The van der Waals surface area contributed by atoms with Gasteiger partial charge in [-0.05, 0) is 418 Å². The number of rotatable bonds is 9. The third-order valence-corrected chi connectivity index (χ3v) is 24.5. The molecule has 4 nitrogen and oxygen atoms in total. The van der Waals surface area contributed by atoms with Crippen molar-refractivity contribution >= 4 is 25.6 Å². The van der Waals surface area contributed by atoms with Crippen LogP contribution in [0, 0.1) is 166 Å². The van der Waals surface area contributed by atoms with Crippen LogP contribution in [0.4, 0.5) is 0 Å². The van der Waals surface area contributed by atoms with E-state index in [4.69, 9.17) is 4.74 Å². The summed E-state index contributed by atoms with van der Waals surface area (Å²) in [7, 11) is -4.34. The number of hydrogen-bond donors (Lipinski definition) is 0. The van der Waals surface area contributed by atoms with Gasteiger partial charge >= 0.3 is 0 Å². The van der Waals surface area contributed by atoms with Crippen LogP contribution in [0.25, 0.3) is 11.1 Å². The Balaban J connectivity index is 0.000000189. The quantitative estimate of drug-likeness (QED) is 0.135. The zero-order chi connectivity index (χ0) is 73.5. The highest BCUT2D eigenvalue weighted by Crippen LogP contribution is 2.57. The smallest absolute Gasteiger partial charge is 0.206 e. The average molecular weight is 1360 g/mol. The first kappa shape index (κ1) is 79.2. The lowest BCUT2D eigenvalue weighted by molar-refractivity contribution is 0.103. The molecule has 0 N–H and O–H groups in total. The summed E-state index contributed by atoms with van der Waals surface area (Å²) in [5.74, 6) is 1.90. The monoisotopic (exact) mass is 1350 g/mol. The van der Waals surface area contributed by atoms with Gasteiger partial charge in [0.15, 0.2) is 5.78 Å². The molecule has 6 heteroatoms. The van der Waals surface area contributed by atoms with Crippen LogP contribution in [-0.2, 0) is 9.84 Å². The van der Waals surface area contributed by atoms with Crippen LogP contribution < -0.4 is 4.74 Å². The van der Waals surface area contributed by atoms with Crippen molar-refractivity contribution in [3.63, 3.8) is 0 Å². The summed E-state index contributed by atoms with van der Waals surface area (Å²) >= 11 is 0. The predicted octanol–water partition coefficient (Wildman–Crippen LogP) is 25.5. The van der Waals surface area contributed by atoms with Crippen LogP contribution in [0.15, 0.2) is 214 Å². The van der Waals surface area contributed by atoms with Crippen molar-refractivity contribution in [1.29, 1.82) is 0 Å². The van der Waals surface area contributed by atoms with E-state index in [0.717, 1.165) is 56.0 Å². The van der Waals surface area contributed by atoms with Crippen molar-refractivity contribution in [1.82, 2.24) is 0 Å². The van der Waals surface area contributed by atoms with E-state index in [1.807, 2.05) is 102 Å². The summed E-state index contributed by atoms with van der Waals surface area (Å²) in [6.07, 6.45) is 4.78. The fourth-order valence-electron chi connectivity index (χ4n) is 10.7. The summed E-state index contributed by atoms with van der Waals surface area (Å²) in [4.78, 5) is 16.0.